The maximum absolute atomic E-state index is 12.5. The summed E-state index contributed by atoms with van der Waals surface area (Å²) in [5.41, 5.74) is 1.38. The smallest absolute Gasteiger partial charge is 0.243 e. The van der Waals surface area contributed by atoms with Gasteiger partial charge in [-0.05, 0) is 24.0 Å². The zero-order chi connectivity index (χ0) is 15.0. The third-order valence-electron chi connectivity index (χ3n) is 3.48. The fourth-order valence-electron chi connectivity index (χ4n) is 2.25. The predicted octanol–water partition coefficient (Wildman–Crippen LogP) is 3.10. The summed E-state index contributed by atoms with van der Waals surface area (Å²) in [7, 11) is -3.57. The minimum atomic E-state index is -3.57. The van der Waals surface area contributed by atoms with Gasteiger partial charge in [0.25, 0.3) is 0 Å². The molecule has 4 nitrogen and oxygen atoms in total. The van der Waals surface area contributed by atoms with Gasteiger partial charge in [0.15, 0.2) is 0 Å². The van der Waals surface area contributed by atoms with Crippen LogP contribution in [0.1, 0.15) is 27.2 Å². The van der Waals surface area contributed by atoms with E-state index in [1.807, 2.05) is 6.08 Å². The van der Waals surface area contributed by atoms with Crippen molar-refractivity contribution in [3.63, 3.8) is 0 Å². The maximum Gasteiger partial charge on any atom is 0.246 e. The van der Waals surface area contributed by atoms with Gasteiger partial charge >= 0.3 is 0 Å². The third-order valence-corrected chi connectivity index (χ3v) is 5.79. The molecule has 2 heterocycles. The lowest BCUT2D eigenvalue weighted by Gasteiger charge is -2.31. The van der Waals surface area contributed by atoms with Crippen molar-refractivity contribution in [2.75, 3.05) is 13.1 Å². The van der Waals surface area contributed by atoms with Crippen molar-refractivity contribution in [3.05, 3.63) is 35.1 Å². The molecule has 1 aliphatic rings. The summed E-state index contributed by atoms with van der Waals surface area (Å²) in [6, 6.07) is 3.08. The van der Waals surface area contributed by atoms with E-state index in [4.69, 9.17) is 11.6 Å². The van der Waals surface area contributed by atoms with Crippen LogP contribution in [0.25, 0.3) is 0 Å². The lowest BCUT2D eigenvalue weighted by Crippen LogP contribution is -2.36. The molecule has 0 unspecified atom stereocenters. The highest BCUT2D eigenvalue weighted by Gasteiger charge is 2.30. The molecule has 110 valence electrons. The first-order valence-electron chi connectivity index (χ1n) is 6.53. The van der Waals surface area contributed by atoms with E-state index in [-0.39, 0.29) is 15.5 Å². The van der Waals surface area contributed by atoms with E-state index in [9.17, 15) is 8.42 Å². The molecule has 0 amide bonds. The number of nitrogens with zero attached hydrogens (tertiary/aromatic N) is 2. The second-order valence-electron chi connectivity index (χ2n) is 5.88. The van der Waals surface area contributed by atoms with Crippen LogP contribution in [-0.2, 0) is 10.0 Å². The molecular formula is C14H19ClN2O2S. The Balaban J connectivity index is 2.27. The first-order chi connectivity index (χ1) is 9.23. The van der Waals surface area contributed by atoms with Crippen LogP contribution in [-0.4, -0.2) is 30.8 Å². The highest BCUT2D eigenvalue weighted by atomic mass is 35.5. The normalized spacial score (nSPS) is 17.9. The van der Waals surface area contributed by atoms with E-state index in [2.05, 4.69) is 25.8 Å². The molecule has 2 rings (SSSR count). The van der Waals surface area contributed by atoms with Gasteiger partial charge in [-0.15, -0.1) is 0 Å². The van der Waals surface area contributed by atoms with Crippen LogP contribution in [0.15, 0.2) is 34.9 Å². The van der Waals surface area contributed by atoms with Crippen LogP contribution in [0.4, 0.5) is 0 Å². The van der Waals surface area contributed by atoms with Crippen molar-refractivity contribution in [2.45, 2.75) is 32.1 Å². The molecule has 0 aromatic carbocycles. The molecular weight excluding hydrogens is 296 g/mol. The van der Waals surface area contributed by atoms with Crippen molar-refractivity contribution < 1.29 is 8.42 Å². The van der Waals surface area contributed by atoms with Gasteiger partial charge in [0.1, 0.15) is 10.0 Å². The molecule has 0 fully saturated rings. The first-order valence-corrected chi connectivity index (χ1v) is 8.35. The number of hydrogen-bond acceptors (Lipinski definition) is 3. The minimum absolute atomic E-state index is 0.0260. The van der Waals surface area contributed by atoms with Crippen molar-refractivity contribution in [3.8, 4) is 0 Å². The quantitative estimate of drug-likeness (QED) is 0.622. The number of halogens is 1. The standard InChI is InChI=1S/C14H19ClN2O2S/c1-14(2,3)11-6-9-17(10-7-11)20(18,19)12-5-4-8-16-13(12)15/h4-6,8H,7,9-10H2,1-3H3. The summed E-state index contributed by atoms with van der Waals surface area (Å²) in [5, 5.41) is 0.0260. The fraction of sp³-hybridized carbons (Fsp3) is 0.500. The first kappa shape index (κ1) is 15.5. The summed E-state index contributed by atoms with van der Waals surface area (Å²) < 4.78 is 26.5. The summed E-state index contributed by atoms with van der Waals surface area (Å²) in [6.45, 7) is 7.29. The Morgan fingerprint density at radius 1 is 1.35 bits per heavy atom. The summed E-state index contributed by atoms with van der Waals surface area (Å²) in [4.78, 5) is 3.92. The number of aromatic nitrogens is 1. The van der Waals surface area contributed by atoms with Crippen LogP contribution in [0.3, 0.4) is 0 Å². The van der Waals surface area contributed by atoms with Crippen molar-refractivity contribution in [1.29, 1.82) is 0 Å². The van der Waals surface area contributed by atoms with E-state index in [0.29, 0.717) is 13.1 Å². The average molecular weight is 315 g/mol. The van der Waals surface area contributed by atoms with E-state index >= 15 is 0 Å². The molecule has 6 heteroatoms. The highest BCUT2D eigenvalue weighted by molar-refractivity contribution is 7.89. The van der Waals surface area contributed by atoms with Crippen molar-refractivity contribution >= 4 is 21.6 Å². The van der Waals surface area contributed by atoms with Gasteiger partial charge < -0.3 is 0 Å². The van der Waals surface area contributed by atoms with E-state index in [0.717, 1.165) is 6.42 Å². The summed E-state index contributed by atoms with van der Waals surface area (Å²) >= 11 is 5.90. The Hall–Kier alpha value is -0.910. The average Bonchev–Trinajstić information content (AvgIpc) is 2.38. The Kier molecular flexibility index (Phi) is 4.23. The second kappa shape index (κ2) is 5.47. The van der Waals surface area contributed by atoms with Gasteiger partial charge in [0, 0.05) is 19.3 Å². The Morgan fingerprint density at radius 3 is 2.55 bits per heavy atom. The van der Waals surface area contributed by atoms with Crippen molar-refractivity contribution in [2.24, 2.45) is 5.41 Å². The SMILES string of the molecule is CC(C)(C)C1=CCN(S(=O)(=O)c2cccnc2Cl)CC1. The largest absolute Gasteiger partial charge is 0.246 e. The molecule has 0 N–H and O–H groups in total. The zero-order valence-corrected chi connectivity index (χ0v) is 13.5. The molecule has 1 aromatic heterocycles. The Morgan fingerprint density at radius 2 is 2.05 bits per heavy atom. The Labute approximate surface area is 125 Å². The maximum atomic E-state index is 12.5. The highest BCUT2D eigenvalue weighted by Crippen LogP contribution is 2.32. The van der Waals surface area contributed by atoms with Crippen LogP contribution in [0, 0.1) is 5.41 Å². The van der Waals surface area contributed by atoms with E-state index in [1.165, 1.54) is 22.1 Å². The summed E-state index contributed by atoms with van der Waals surface area (Å²) in [5.74, 6) is 0. The summed E-state index contributed by atoms with van der Waals surface area (Å²) in [6.07, 6.45) is 4.24. The topological polar surface area (TPSA) is 50.3 Å². The zero-order valence-electron chi connectivity index (χ0n) is 11.9. The molecule has 0 bridgehead atoms. The monoisotopic (exact) mass is 314 g/mol. The number of sulfonamides is 1. The van der Waals surface area contributed by atoms with Gasteiger partial charge in [0.05, 0.1) is 0 Å². The van der Waals surface area contributed by atoms with Crippen LogP contribution < -0.4 is 0 Å². The predicted molar refractivity (Wildman–Crippen MR) is 80.2 cm³/mol. The van der Waals surface area contributed by atoms with E-state index < -0.39 is 10.0 Å². The molecule has 0 atom stereocenters. The van der Waals surface area contributed by atoms with Gasteiger partial charge in [-0.3, -0.25) is 0 Å². The van der Waals surface area contributed by atoms with Gasteiger partial charge in [-0.2, -0.15) is 4.31 Å². The van der Waals surface area contributed by atoms with Crippen LogP contribution in [0.5, 0.6) is 0 Å². The minimum Gasteiger partial charge on any atom is -0.243 e. The number of pyridine rings is 1. The number of rotatable bonds is 2. The number of hydrogen-bond donors (Lipinski definition) is 0. The van der Waals surface area contributed by atoms with Gasteiger partial charge in [-0.1, -0.05) is 44.0 Å². The van der Waals surface area contributed by atoms with Crippen LogP contribution in [0.2, 0.25) is 5.15 Å². The lowest BCUT2D eigenvalue weighted by molar-refractivity contribution is 0.389. The van der Waals surface area contributed by atoms with Gasteiger partial charge in [-0.25, -0.2) is 13.4 Å². The molecule has 1 aliphatic heterocycles. The Bertz CT molecular complexity index is 633. The second-order valence-corrected chi connectivity index (χ2v) is 8.15. The molecule has 0 radical (unpaired) electrons. The molecule has 1 aromatic rings. The fourth-order valence-corrected chi connectivity index (χ4v) is 4.06. The van der Waals surface area contributed by atoms with Crippen LogP contribution >= 0.6 is 11.6 Å². The van der Waals surface area contributed by atoms with E-state index in [1.54, 1.807) is 6.07 Å². The third kappa shape index (κ3) is 3.05. The molecule has 0 aliphatic carbocycles. The van der Waals surface area contributed by atoms with Gasteiger partial charge in [0.2, 0.25) is 10.0 Å². The molecule has 0 spiro atoms. The molecule has 0 saturated heterocycles. The molecule has 0 saturated carbocycles. The molecule has 20 heavy (non-hydrogen) atoms. The lowest BCUT2D eigenvalue weighted by atomic mass is 9.83. The van der Waals surface area contributed by atoms with Crippen molar-refractivity contribution in [1.82, 2.24) is 9.29 Å².